The van der Waals surface area contributed by atoms with Gasteiger partial charge in [0.15, 0.2) is 5.82 Å². The number of carbonyl (C=O) groups is 1. The number of nitrogen functional groups attached to an aromatic ring is 1. The second-order valence-electron chi connectivity index (χ2n) is 3.73. The number of carbonyl (C=O) groups excluding carboxylic acids is 1. The molecular weight excluding hydrogens is 265 g/mol. The summed E-state index contributed by atoms with van der Waals surface area (Å²) >= 11 is 0. The van der Waals surface area contributed by atoms with Gasteiger partial charge in [-0.2, -0.15) is 0 Å². The maximum absolute atomic E-state index is 13.6. The molecule has 1 aromatic carbocycles. The number of hydrogen-bond donors (Lipinski definition) is 3. The number of amides is 1. The molecule has 8 heteroatoms. The number of nitrogens with one attached hydrogen (secondary N) is 2. The Morgan fingerprint density at radius 2 is 2.20 bits per heavy atom. The molecular formula is C12H12FN5O2. The Morgan fingerprint density at radius 1 is 1.40 bits per heavy atom. The molecule has 0 fully saturated rings. The zero-order valence-electron chi connectivity index (χ0n) is 10.6. The van der Waals surface area contributed by atoms with Crippen molar-refractivity contribution in [2.24, 2.45) is 5.84 Å². The van der Waals surface area contributed by atoms with Crippen molar-refractivity contribution >= 4 is 17.4 Å². The fourth-order valence-electron chi connectivity index (χ4n) is 1.46. The summed E-state index contributed by atoms with van der Waals surface area (Å²) < 4.78 is 18.5. The predicted molar refractivity (Wildman–Crippen MR) is 70.7 cm³/mol. The quantitative estimate of drug-likeness (QED) is 0.572. The van der Waals surface area contributed by atoms with E-state index < -0.39 is 11.7 Å². The van der Waals surface area contributed by atoms with Gasteiger partial charge in [-0.1, -0.05) is 0 Å². The lowest BCUT2D eigenvalue weighted by molar-refractivity contribution is 0.102. The number of aromatic nitrogens is 2. The third kappa shape index (κ3) is 2.98. The molecule has 1 amide bonds. The van der Waals surface area contributed by atoms with Crippen LogP contribution in [0.4, 0.5) is 15.9 Å². The lowest BCUT2D eigenvalue weighted by atomic mass is 10.2. The lowest BCUT2D eigenvalue weighted by Gasteiger charge is -2.08. The average Bonchev–Trinajstić information content (AvgIpc) is 2.49. The van der Waals surface area contributed by atoms with Crippen LogP contribution in [-0.4, -0.2) is 23.0 Å². The number of ether oxygens (including phenoxy) is 1. The Morgan fingerprint density at radius 3 is 2.90 bits per heavy atom. The molecule has 0 aliphatic rings. The van der Waals surface area contributed by atoms with Crippen LogP contribution in [0.3, 0.4) is 0 Å². The van der Waals surface area contributed by atoms with E-state index in [1.807, 2.05) is 0 Å². The molecule has 7 nitrogen and oxygen atoms in total. The van der Waals surface area contributed by atoms with Crippen LogP contribution in [0.15, 0.2) is 30.6 Å². The fourth-order valence-corrected chi connectivity index (χ4v) is 1.46. The van der Waals surface area contributed by atoms with Crippen LogP contribution in [0.5, 0.6) is 5.75 Å². The zero-order chi connectivity index (χ0) is 14.5. The molecule has 0 aliphatic heterocycles. The van der Waals surface area contributed by atoms with Crippen LogP contribution in [0, 0.1) is 5.82 Å². The first kappa shape index (κ1) is 13.7. The fraction of sp³-hybridized carbons (Fsp3) is 0.0833. The van der Waals surface area contributed by atoms with Crippen LogP contribution in [0.1, 0.15) is 10.5 Å². The van der Waals surface area contributed by atoms with Gasteiger partial charge < -0.3 is 15.5 Å². The molecule has 0 radical (unpaired) electrons. The number of benzene rings is 1. The number of halogens is 1. The van der Waals surface area contributed by atoms with Gasteiger partial charge in [-0.15, -0.1) is 0 Å². The molecule has 4 N–H and O–H groups in total. The van der Waals surface area contributed by atoms with Crippen molar-refractivity contribution in [2.75, 3.05) is 17.9 Å². The third-order valence-corrected chi connectivity index (χ3v) is 2.44. The number of hydrogen-bond acceptors (Lipinski definition) is 6. The van der Waals surface area contributed by atoms with Crippen LogP contribution < -0.4 is 21.3 Å². The molecule has 1 heterocycles. The molecule has 104 valence electrons. The van der Waals surface area contributed by atoms with Crippen LogP contribution in [0.2, 0.25) is 0 Å². The highest BCUT2D eigenvalue weighted by Crippen LogP contribution is 2.21. The van der Waals surface area contributed by atoms with Gasteiger partial charge in [-0.25, -0.2) is 15.2 Å². The molecule has 20 heavy (non-hydrogen) atoms. The summed E-state index contributed by atoms with van der Waals surface area (Å²) in [6.07, 6.45) is 2.59. The van der Waals surface area contributed by atoms with Gasteiger partial charge >= 0.3 is 0 Å². The van der Waals surface area contributed by atoms with E-state index in [1.165, 1.54) is 37.7 Å². The summed E-state index contributed by atoms with van der Waals surface area (Å²) in [6.45, 7) is 0. The van der Waals surface area contributed by atoms with Crippen LogP contribution in [0.25, 0.3) is 0 Å². The molecule has 0 unspecified atom stereocenters. The molecule has 2 rings (SSSR count). The first-order valence-electron chi connectivity index (χ1n) is 5.57. The van der Waals surface area contributed by atoms with Crippen molar-refractivity contribution in [1.82, 2.24) is 9.97 Å². The second-order valence-corrected chi connectivity index (χ2v) is 3.73. The van der Waals surface area contributed by atoms with Gasteiger partial charge in [0.05, 0.1) is 25.2 Å². The van der Waals surface area contributed by atoms with Gasteiger partial charge in [0.1, 0.15) is 17.3 Å². The Labute approximate surface area is 114 Å². The molecule has 0 atom stereocenters. The molecule has 0 bridgehead atoms. The van der Waals surface area contributed by atoms with Gasteiger partial charge in [-0.3, -0.25) is 9.78 Å². The molecule has 0 saturated heterocycles. The highest BCUT2D eigenvalue weighted by atomic mass is 19.1. The van der Waals surface area contributed by atoms with E-state index in [2.05, 4.69) is 20.7 Å². The SMILES string of the molecule is COc1ccc(F)c(NC(=O)c2cncc(NN)n2)c1. The minimum atomic E-state index is -0.609. The van der Waals surface area contributed by atoms with Crippen LogP contribution >= 0.6 is 0 Å². The average molecular weight is 277 g/mol. The molecule has 1 aromatic heterocycles. The summed E-state index contributed by atoms with van der Waals surface area (Å²) in [4.78, 5) is 19.6. The van der Waals surface area contributed by atoms with Crippen molar-refractivity contribution in [2.45, 2.75) is 0 Å². The summed E-state index contributed by atoms with van der Waals surface area (Å²) in [6, 6.07) is 4.01. The molecule has 0 saturated carbocycles. The summed E-state index contributed by atoms with van der Waals surface area (Å²) in [5.74, 6) is 4.63. The van der Waals surface area contributed by atoms with Gasteiger partial charge in [-0.05, 0) is 12.1 Å². The normalized spacial score (nSPS) is 9.95. The minimum Gasteiger partial charge on any atom is -0.497 e. The van der Waals surface area contributed by atoms with Crippen LogP contribution in [-0.2, 0) is 0 Å². The van der Waals surface area contributed by atoms with E-state index in [4.69, 9.17) is 10.6 Å². The summed E-state index contributed by atoms with van der Waals surface area (Å²) in [5.41, 5.74) is 2.26. The first-order valence-corrected chi connectivity index (χ1v) is 5.57. The van der Waals surface area contributed by atoms with Crippen molar-refractivity contribution in [3.8, 4) is 5.75 Å². The number of nitrogens with two attached hydrogens (primary N) is 1. The highest BCUT2D eigenvalue weighted by Gasteiger charge is 2.12. The monoisotopic (exact) mass is 277 g/mol. The minimum absolute atomic E-state index is 0.00247. The van der Waals surface area contributed by atoms with Gasteiger partial charge in [0.2, 0.25) is 0 Å². The number of rotatable bonds is 4. The van der Waals surface area contributed by atoms with Crippen molar-refractivity contribution in [3.05, 3.63) is 42.1 Å². The maximum atomic E-state index is 13.6. The first-order chi connectivity index (χ1) is 9.63. The van der Waals surface area contributed by atoms with E-state index >= 15 is 0 Å². The maximum Gasteiger partial charge on any atom is 0.276 e. The van der Waals surface area contributed by atoms with E-state index in [-0.39, 0.29) is 17.2 Å². The predicted octanol–water partition coefficient (Wildman–Crippen LogP) is 1.16. The zero-order valence-corrected chi connectivity index (χ0v) is 10.6. The Balaban J connectivity index is 2.22. The number of methoxy groups -OCH3 is 1. The molecule has 2 aromatic rings. The lowest BCUT2D eigenvalue weighted by Crippen LogP contribution is -2.17. The second kappa shape index (κ2) is 5.93. The van der Waals surface area contributed by atoms with E-state index in [0.29, 0.717) is 5.75 Å². The van der Waals surface area contributed by atoms with Gasteiger partial charge in [0, 0.05) is 6.07 Å². The number of nitrogens with zero attached hydrogens (tertiary/aromatic N) is 2. The third-order valence-electron chi connectivity index (χ3n) is 2.44. The highest BCUT2D eigenvalue weighted by molar-refractivity contribution is 6.03. The largest absolute Gasteiger partial charge is 0.497 e. The van der Waals surface area contributed by atoms with E-state index in [0.717, 1.165) is 0 Å². The molecule has 0 spiro atoms. The topological polar surface area (TPSA) is 102 Å². The van der Waals surface area contributed by atoms with Crippen molar-refractivity contribution in [1.29, 1.82) is 0 Å². The molecule has 0 aliphatic carbocycles. The summed E-state index contributed by atoms with van der Waals surface area (Å²) in [5, 5.41) is 2.39. The van der Waals surface area contributed by atoms with E-state index in [9.17, 15) is 9.18 Å². The number of anilines is 2. The van der Waals surface area contributed by atoms with Crippen molar-refractivity contribution < 1.29 is 13.9 Å². The standard InChI is InChI=1S/C12H12FN5O2/c1-20-7-2-3-8(13)9(4-7)17-12(19)10-5-15-6-11(16-10)18-14/h2-6H,14H2,1H3,(H,16,18)(H,17,19). The number of hydrazine groups is 1. The van der Waals surface area contributed by atoms with E-state index in [1.54, 1.807) is 0 Å². The Kier molecular flexibility index (Phi) is 4.06. The van der Waals surface area contributed by atoms with Gasteiger partial charge in [0.25, 0.3) is 5.91 Å². The summed E-state index contributed by atoms with van der Waals surface area (Å²) in [7, 11) is 1.45. The Bertz CT molecular complexity index is 635. The van der Waals surface area contributed by atoms with Crippen molar-refractivity contribution in [3.63, 3.8) is 0 Å². The smallest absolute Gasteiger partial charge is 0.276 e. The Hall–Kier alpha value is -2.74.